The highest BCUT2D eigenvalue weighted by atomic mass is 32.1. The minimum atomic E-state index is 0.891. The molecule has 0 saturated carbocycles. The molecule has 0 aliphatic rings. The molecule has 0 fully saturated rings. The number of rotatable bonds is 3. The molecule has 144 valence electrons. The quantitative estimate of drug-likeness (QED) is 0.367. The van der Waals surface area contributed by atoms with Gasteiger partial charge in [0.15, 0.2) is 0 Å². The Morgan fingerprint density at radius 3 is 2.77 bits per heavy atom. The van der Waals surface area contributed by atoms with Crippen LogP contribution in [0.4, 0.5) is 0 Å². The molecule has 5 heterocycles. The van der Waals surface area contributed by atoms with E-state index in [4.69, 9.17) is 0 Å². The van der Waals surface area contributed by atoms with Crippen molar-refractivity contribution in [2.75, 3.05) is 0 Å². The second-order valence-electron chi connectivity index (χ2n) is 7.34. The van der Waals surface area contributed by atoms with Crippen molar-refractivity contribution in [2.45, 2.75) is 6.92 Å². The number of benzene rings is 1. The molecule has 6 rings (SSSR count). The lowest BCUT2D eigenvalue weighted by atomic mass is 10.0. The maximum atomic E-state index is 4.62. The van der Waals surface area contributed by atoms with Gasteiger partial charge >= 0.3 is 0 Å². The maximum absolute atomic E-state index is 4.62. The van der Waals surface area contributed by atoms with Gasteiger partial charge in [0.25, 0.3) is 0 Å². The van der Waals surface area contributed by atoms with Crippen molar-refractivity contribution < 1.29 is 0 Å². The number of aryl methyl sites for hydroxylation is 1. The number of H-pyrrole nitrogens is 2. The van der Waals surface area contributed by atoms with Gasteiger partial charge < -0.3 is 4.98 Å². The predicted molar refractivity (Wildman–Crippen MR) is 122 cm³/mol. The SMILES string of the molecule is Cc1ccncc1-c1cc2c(-c3cc4c(-c5ccsc5)cccc4[nH]3)n[nH]c2cn1. The largest absolute Gasteiger partial charge is 0.353 e. The van der Waals surface area contributed by atoms with Crippen LogP contribution in [0.15, 0.2) is 71.8 Å². The maximum Gasteiger partial charge on any atom is 0.116 e. The van der Waals surface area contributed by atoms with Crippen LogP contribution in [0.1, 0.15) is 5.56 Å². The lowest BCUT2D eigenvalue weighted by Gasteiger charge is -2.04. The Hall–Kier alpha value is -3.77. The molecule has 0 aliphatic carbocycles. The summed E-state index contributed by atoms with van der Waals surface area (Å²) in [5.41, 5.74) is 9.42. The van der Waals surface area contributed by atoms with Crippen molar-refractivity contribution >= 4 is 33.1 Å². The summed E-state index contributed by atoms with van der Waals surface area (Å²) in [5, 5.41) is 14.2. The van der Waals surface area contributed by atoms with Gasteiger partial charge in [0.1, 0.15) is 5.69 Å². The van der Waals surface area contributed by atoms with Crippen LogP contribution < -0.4 is 0 Å². The van der Waals surface area contributed by atoms with Gasteiger partial charge in [-0.05, 0) is 64.7 Å². The molecule has 5 aromatic heterocycles. The van der Waals surface area contributed by atoms with Crippen LogP contribution in [0.2, 0.25) is 0 Å². The van der Waals surface area contributed by atoms with Crippen LogP contribution in [0.3, 0.4) is 0 Å². The van der Waals surface area contributed by atoms with Crippen molar-refractivity contribution in [1.29, 1.82) is 0 Å². The minimum absolute atomic E-state index is 0.891. The topological polar surface area (TPSA) is 70.2 Å². The second kappa shape index (κ2) is 6.64. The Labute approximate surface area is 176 Å². The van der Waals surface area contributed by atoms with E-state index in [-0.39, 0.29) is 0 Å². The van der Waals surface area contributed by atoms with E-state index in [1.807, 2.05) is 18.5 Å². The zero-order valence-electron chi connectivity index (χ0n) is 16.2. The number of thiophene rings is 1. The average Bonchev–Trinajstić information content (AvgIpc) is 3.51. The Morgan fingerprint density at radius 2 is 1.90 bits per heavy atom. The molecule has 0 aliphatic heterocycles. The van der Waals surface area contributed by atoms with Crippen molar-refractivity contribution in [2.24, 2.45) is 0 Å². The molecule has 5 nitrogen and oxygen atoms in total. The summed E-state index contributed by atoms with van der Waals surface area (Å²) in [6.07, 6.45) is 5.50. The Kier molecular flexibility index (Phi) is 3.79. The third kappa shape index (κ3) is 2.65. The molecular formula is C24H17N5S. The number of aromatic nitrogens is 5. The van der Waals surface area contributed by atoms with Gasteiger partial charge in [0, 0.05) is 34.2 Å². The lowest BCUT2D eigenvalue weighted by molar-refractivity contribution is 1.11. The van der Waals surface area contributed by atoms with Crippen molar-refractivity contribution in [3.8, 4) is 33.8 Å². The van der Waals surface area contributed by atoms with Crippen LogP contribution in [0, 0.1) is 6.92 Å². The van der Waals surface area contributed by atoms with E-state index < -0.39 is 0 Å². The molecule has 0 unspecified atom stereocenters. The van der Waals surface area contributed by atoms with Gasteiger partial charge in [0.2, 0.25) is 0 Å². The molecule has 0 radical (unpaired) electrons. The summed E-state index contributed by atoms with van der Waals surface area (Å²) in [5.74, 6) is 0. The molecule has 6 aromatic rings. The molecule has 0 atom stereocenters. The van der Waals surface area contributed by atoms with Gasteiger partial charge in [-0.15, -0.1) is 0 Å². The van der Waals surface area contributed by atoms with Crippen LogP contribution in [0.25, 0.3) is 55.6 Å². The van der Waals surface area contributed by atoms with E-state index in [9.17, 15) is 0 Å². The molecule has 2 N–H and O–H groups in total. The molecule has 0 saturated heterocycles. The minimum Gasteiger partial charge on any atom is -0.353 e. The predicted octanol–water partition coefficient (Wildman–Crippen LogP) is 6.21. The number of aromatic amines is 2. The van der Waals surface area contributed by atoms with Crippen molar-refractivity contribution in [3.63, 3.8) is 0 Å². The average molecular weight is 408 g/mol. The van der Waals surface area contributed by atoms with Crippen LogP contribution in [-0.4, -0.2) is 25.1 Å². The number of pyridine rings is 2. The summed E-state index contributed by atoms with van der Waals surface area (Å²) < 4.78 is 0. The second-order valence-corrected chi connectivity index (χ2v) is 8.12. The zero-order chi connectivity index (χ0) is 20.1. The Bertz CT molecular complexity index is 1510. The first-order valence-corrected chi connectivity index (χ1v) is 10.6. The smallest absolute Gasteiger partial charge is 0.116 e. The summed E-state index contributed by atoms with van der Waals surface area (Å²) in [4.78, 5) is 12.4. The van der Waals surface area contributed by atoms with Crippen molar-refractivity contribution in [1.82, 2.24) is 25.1 Å². The van der Waals surface area contributed by atoms with E-state index in [0.29, 0.717) is 0 Å². The number of hydrogen-bond donors (Lipinski definition) is 2. The normalized spacial score (nSPS) is 11.5. The lowest BCUT2D eigenvalue weighted by Crippen LogP contribution is -1.88. The third-order valence-corrected chi connectivity index (χ3v) is 6.20. The fourth-order valence-corrected chi connectivity index (χ4v) is 4.61. The molecule has 6 heteroatoms. The first kappa shape index (κ1) is 17.1. The molecular weight excluding hydrogens is 390 g/mol. The molecule has 1 aromatic carbocycles. The zero-order valence-corrected chi connectivity index (χ0v) is 17.0. The van der Waals surface area contributed by atoms with E-state index in [0.717, 1.165) is 44.6 Å². The number of nitrogens with one attached hydrogen (secondary N) is 2. The van der Waals surface area contributed by atoms with E-state index in [2.05, 4.69) is 79.2 Å². The monoisotopic (exact) mass is 407 g/mol. The first-order valence-electron chi connectivity index (χ1n) is 9.68. The fraction of sp³-hybridized carbons (Fsp3) is 0.0417. The summed E-state index contributed by atoms with van der Waals surface area (Å²) in [6.45, 7) is 2.07. The highest BCUT2D eigenvalue weighted by Gasteiger charge is 2.15. The molecule has 0 spiro atoms. The van der Waals surface area contributed by atoms with E-state index in [1.165, 1.54) is 16.5 Å². The standard InChI is InChI=1S/C24H17N5S/c1-14-5-7-25-11-19(14)21-10-18-23(12-26-21)28-29-24(18)22-9-17-16(15-6-8-30-13-15)3-2-4-20(17)27-22/h2-13,27H,1H3,(H,28,29). The Morgan fingerprint density at radius 1 is 0.933 bits per heavy atom. The van der Waals surface area contributed by atoms with Gasteiger partial charge in [-0.25, -0.2) is 0 Å². The van der Waals surface area contributed by atoms with Crippen molar-refractivity contribution in [3.05, 3.63) is 77.4 Å². The van der Waals surface area contributed by atoms with Crippen LogP contribution in [-0.2, 0) is 0 Å². The molecule has 30 heavy (non-hydrogen) atoms. The fourth-order valence-electron chi connectivity index (χ4n) is 3.95. The molecule has 0 amide bonds. The number of nitrogens with zero attached hydrogens (tertiary/aromatic N) is 3. The summed E-state index contributed by atoms with van der Waals surface area (Å²) in [7, 11) is 0. The molecule has 0 bridgehead atoms. The Balaban J connectivity index is 1.53. The van der Waals surface area contributed by atoms with Gasteiger partial charge in [-0.3, -0.25) is 15.1 Å². The summed E-state index contributed by atoms with van der Waals surface area (Å²) >= 11 is 1.71. The van der Waals surface area contributed by atoms with Gasteiger partial charge in [-0.2, -0.15) is 16.4 Å². The van der Waals surface area contributed by atoms with Gasteiger partial charge in [0.05, 0.1) is 23.1 Å². The number of hydrogen-bond acceptors (Lipinski definition) is 4. The van der Waals surface area contributed by atoms with E-state index in [1.54, 1.807) is 17.5 Å². The van der Waals surface area contributed by atoms with Crippen LogP contribution in [0.5, 0.6) is 0 Å². The first-order chi connectivity index (χ1) is 14.8. The highest BCUT2D eigenvalue weighted by molar-refractivity contribution is 7.08. The van der Waals surface area contributed by atoms with E-state index >= 15 is 0 Å². The summed E-state index contributed by atoms with van der Waals surface area (Å²) in [6, 6.07) is 14.8. The van der Waals surface area contributed by atoms with Crippen LogP contribution >= 0.6 is 11.3 Å². The highest BCUT2D eigenvalue weighted by Crippen LogP contribution is 2.35. The number of fused-ring (bicyclic) bond motifs is 2. The third-order valence-electron chi connectivity index (χ3n) is 5.51. The van der Waals surface area contributed by atoms with Gasteiger partial charge in [-0.1, -0.05) is 12.1 Å².